The van der Waals surface area contributed by atoms with Gasteiger partial charge in [0.15, 0.2) is 17.3 Å². The molecule has 240 valence electrons. The SMILES string of the molecule is CCOc1cc([C@H]2C3=C(C[C@H](c4ccc(OC)cc4)CC3=O)Nc3ccccc3N2C(=O)C2CC2)ccc1OCc1ccc(Cl)cc1. The van der Waals surface area contributed by atoms with E-state index in [4.69, 9.17) is 25.8 Å². The fraction of sp³-hybridized carbons (Fsp3) is 0.282. The van der Waals surface area contributed by atoms with Crippen molar-refractivity contribution in [1.82, 2.24) is 0 Å². The molecule has 0 bridgehead atoms. The summed E-state index contributed by atoms with van der Waals surface area (Å²) >= 11 is 6.07. The maximum absolute atomic E-state index is 14.4. The Morgan fingerprint density at radius 3 is 2.36 bits per heavy atom. The summed E-state index contributed by atoms with van der Waals surface area (Å²) in [4.78, 5) is 30.5. The van der Waals surface area contributed by atoms with Gasteiger partial charge in [0.1, 0.15) is 12.4 Å². The number of Topliss-reactive ketones (excluding diaryl/α,β-unsaturated/α-hetero) is 1. The van der Waals surface area contributed by atoms with Gasteiger partial charge in [0.05, 0.1) is 31.1 Å². The predicted octanol–water partition coefficient (Wildman–Crippen LogP) is 8.64. The molecule has 7 nitrogen and oxygen atoms in total. The molecular weight excluding hydrogens is 612 g/mol. The molecule has 1 saturated carbocycles. The minimum absolute atomic E-state index is 0.0132. The van der Waals surface area contributed by atoms with Crippen LogP contribution in [0.5, 0.6) is 17.2 Å². The predicted molar refractivity (Wildman–Crippen MR) is 183 cm³/mol. The maximum Gasteiger partial charge on any atom is 0.231 e. The molecule has 1 amide bonds. The number of nitrogens with one attached hydrogen (secondary N) is 1. The number of para-hydroxylation sites is 2. The van der Waals surface area contributed by atoms with E-state index >= 15 is 0 Å². The average molecular weight is 649 g/mol. The highest BCUT2D eigenvalue weighted by atomic mass is 35.5. The van der Waals surface area contributed by atoms with Crippen LogP contribution in [0, 0.1) is 5.92 Å². The highest BCUT2D eigenvalue weighted by Gasteiger charge is 2.45. The Bertz CT molecular complexity index is 1830. The molecule has 0 unspecified atom stereocenters. The zero-order valence-electron chi connectivity index (χ0n) is 26.5. The number of methoxy groups -OCH3 is 1. The first-order chi connectivity index (χ1) is 22.9. The monoisotopic (exact) mass is 648 g/mol. The Hall–Kier alpha value is -4.75. The van der Waals surface area contributed by atoms with E-state index in [-0.39, 0.29) is 23.5 Å². The highest BCUT2D eigenvalue weighted by Crippen LogP contribution is 2.50. The van der Waals surface area contributed by atoms with E-state index in [1.165, 1.54) is 0 Å². The number of carbonyl (C=O) groups is 2. The van der Waals surface area contributed by atoms with E-state index in [1.807, 2.05) is 103 Å². The quantitative estimate of drug-likeness (QED) is 0.196. The van der Waals surface area contributed by atoms with E-state index < -0.39 is 6.04 Å². The topological polar surface area (TPSA) is 77.1 Å². The van der Waals surface area contributed by atoms with Crippen molar-refractivity contribution in [3.8, 4) is 17.2 Å². The summed E-state index contributed by atoms with van der Waals surface area (Å²) in [5, 5.41) is 4.29. The number of allylic oxidation sites excluding steroid dienone is 1. The summed E-state index contributed by atoms with van der Waals surface area (Å²) in [6, 6.07) is 28.4. The summed E-state index contributed by atoms with van der Waals surface area (Å²) in [5.74, 6) is 1.90. The third kappa shape index (κ3) is 6.32. The van der Waals surface area contributed by atoms with Crippen LogP contribution in [0.1, 0.15) is 61.3 Å². The molecule has 0 spiro atoms. The Morgan fingerprint density at radius 1 is 0.894 bits per heavy atom. The second-order valence-corrected chi connectivity index (χ2v) is 12.7. The normalized spacial score (nSPS) is 18.9. The summed E-state index contributed by atoms with van der Waals surface area (Å²) in [6.45, 7) is 2.69. The fourth-order valence-electron chi connectivity index (χ4n) is 6.61. The van der Waals surface area contributed by atoms with Gasteiger partial charge in [-0.3, -0.25) is 14.5 Å². The third-order valence-electron chi connectivity index (χ3n) is 9.13. The molecule has 2 aliphatic carbocycles. The van der Waals surface area contributed by atoms with Gasteiger partial charge >= 0.3 is 0 Å². The molecule has 8 heteroatoms. The number of ketones is 1. The summed E-state index contributed by atoms with van der Waals surface area (Å²) in [5.41, 5.74) is 5.88. The van der Waals surface area contributed by atoms with Crippen molar-refractivity contribution in [3.63, 3.8) is 0 Å². The van der Waals surface area contributed by atoms with Crippen molar-refractivity contribution in [2.75, 3.05) is 23.9 Å². The number of benzene rings is 4. The minimum Gasteiger partial charge on any atom is -0.497 e. The number of carbonyl (C=O) groups excluding carboxylic acids is 2. The molecule has 3 aliphatic rings. The first-order valence-electron chi connectivity index (χ1n) is 16.2. The summed E-state index contributed by atoms with van der Waals surface area (Å²) in [7, 11) is 1.65. The Labute approximate surface area is 280 Å². The molecule has 1 fully saturated rings. The van der Waals surface area contributed by atoms with Crippen LogP contribution in [0.15, 0.2) is 102 Å². The molecule has 0 saturated heterocycles. The molecular formula is C39H37ClN2O5. The average Bonchev–Trinajstić information content (AvgIpc) is 3.95. The Morgan fingerprint density at radius 2 is 1.64 bits per heavy atom. The van der Waals surface area contributed by atoms with Gasteiger partial charge in [0.2, 0.25) is 5.91 Å². The van der Waals surface area contributed by atoms with Gasteiger partial charge in [-0.2, -0.15) is 0 Å². The number of hydrogen-bond donors (Lipinski definition) is 1. The first-order valence-corrected chi connectivity index (χ1v) is 16.5. The number of anilines is 2. The molecule has 1 heterocycles. The van der Waals surface area contributed by atoms with E-state index in [9.17, 15) is 9.59 Å². The molecule has 1 N–H and O–H groups in total. The molecule has 1 aliphatic heterocycles. The summed E-state index contributed by atoms with van der Waals surface area (Å²) < 4.78 is 17.7. The van der Waals surface area contributed by atoms with Gasteiger partial charge in [-0.25, -0.2) is 0 Å². The standard InChI is InChI=1S/C39H37ClN2O5/c1-3-46-36-22-27(14-19-35(36)47-23-24-8-15-29(40)16-9-24)38-37-32(20-28(21-34(37)43)25-12-17-30(45-2)18-13-25)41-31-6-4-5-7-33(31)42(38)39(44)26-10-11-26/h4-9,12-19,22,26,28,38,41H,3,10-11,20-21,23H2,1-2H3/t28-,38-/m0/s1. The number of ether oxygens (including phenoxy) is 3. The Kier molecular flexibility index (Phi) is 8.65. The van der Waals surface area contributed by atoms with Gasteiger partial charge in [-0.05, 0) is 97.3 Å². The van der Waals surface area contributed by atoms with E-state index in [0.29, 0.717) is 48.2 Å². The molecule has 0 aromatic heterocycles. The lowest BCUT2D eigenvalue weighted by molar-refractivity contribution is -0.120. The fourth-order valence-corrected chi connectivity index (χ4v) is 6.74. The highest BCUT2D eigenvalue weighted by molar-refractivity contribution is 6.30. The van der Waals surface area contributed by atoms with Crippen molar-refractivity contribution < 1.29 is 23.8 Å². The summed E-state index contributed by atoms with van der Waals surface area (Å²) in [6.07, 6.45) is 2.66. The zero-order chi connectivity index (χ0) is 32.5. The Balaban J connectivity index is 1.32. The van der Waals surface area contributed by atoms with E-state index in [0.717, 1.165) is 52.4 Å². The maximum atomic E-state index is 14.4. The van der Waals surface area contributed by atoms with Crippen LogP contribution in [0.3, 0.4) is 0 Å². The number of halogens is 1. The van der Waals surface area contributed by atoms with Crippen molar-refractivity contribution in [2.45, 2.75) is 51.2 Å². The van der Waals surface area contributed by atoms with Crippen LogP contribution in [-0.2, 0) is 16.2 Å². The van der Waals surface area contributed by atoms with Crippen molar-refractivity contribution in [1.29, 1.82) is 0 Å². The van der Waals surface area contributed by atoms with Crippen LogP contribution in [0.4, 0.5) is 11.4 Å². The number of nitrogens with zero attached hydrogens (tertiary/aromatic N) is 1. The number of rotatable bonds is 9. The number of amides is 1. The molecule has 7 rings (SSSR count). The minimum atomic E-state index is -0.636. The number of hydrogen-bond acceptors (Lipinski definition) is 6. The molecule has 2 atom stereocenters. The second-order valence-electron chi connectivity index (χ2n) is 12.3. The van der Waals surface area contributed by atoms with Crippen molar-refractivity contribution in [3.05, 3.63) is 124 Å². The van der Waals surface area contributed by atoms with Crippen LogP contribution in [-0.4, -0.2) is 25.4 Å². The smallest absolute Gasteiger partial charge is 0.231 e. The lowest BCUT2D eigenvalue weighted by Crippen LogP contribution is -2.39. The lowest BCUT2D eigenvalue weighted by atomic mass is 9.78. The van der Waals surface area contributed by atoms with Crippen LogP contribution < -0.4 is 24.4 Å². The van der Waals surface area contributed by atoms with Gasteiger partial charge in [-0.1, -0.05) is 54.1 Å². The van der Waals surface area contributed by atoms with Gasteiger partial charge in [-0.15, -0.1) is 0 Å². The van der Waals surface area contributed by atoms with Gasteiger partial charge < -0.3 is 19.5 Å². The van der Waals surface area contributed by atoms with E-state index in [1.54, 1.807) is 7.11 Å². The van der Waals surface area contributed by atoms with Gasteiger partial charge in [0.25, 0.3) is 0 Å². The molecule has 4 aromatic rings. The van der Waals surface area contributed by atoms with Crippen LogP contribution in [0.2, 0.25) is 5.02 Å². The largest absolute Gasteiger partial charge is 0.497 e. The molecule has 47 heavy (non-hydrogen) atoms. The first kappa shape index (κ1) is 30.9. The van der Waals surface area contributed by atoms with E-state index in [2.05, 4.69) is 5.32 Å². The van der Waals surface area contributed by atoms with Crippen molar-refractivity contribution in [2.24, 2.45) is 5.92 Å². The number of fused-ring (bicyclic) bond motifs is 1. The molecule has 4 aromatic carbocycles. The van der Waals surface area contributed by atoms with Crippen LogP contribution in [0.25, 0.3) is 0 Å². The van der Waals surface area contributed by atoms with Crippen LogP contribution >= 0.6 is 11.6 Å². The zero-order valence-corrected chi connectivity index (χ0v) is 27.3. The second kappa shape index (κ2) is 13.2. The van der Waals surface area contributed by atoms with Crippen molar-refractivity contribution >= 4 is 34.7 Å². The van der Waals surface area contributed by atoms with Gasteiger partial charge in [0, 0.05) is 28.6 Å². The third-order valence-corrected chi connectivity index (χ3v) is 9.38. The lowest BCUT2D eigenvalue weighted by Gasteiger charge is -2.35. The molecule has 0 radical (unpaired) electrons.